The van der Waals surface area contributed by atoms with E-state index in [1.807, 2.05) is 41.3 Å². The molecule has 0 aliphatic carbocycles. The largest absolute Gasteiger partial charge is 0.366 e. The van der Waals surface area contributed by atoms with Gasteiger partial charge in [-0.15, -0.1) is 6.42 Å². The Bertz CT molecular complexity index is 1100. The highest BCUT2D eigenvalue weighted by molar-refractivity contribution is 5.97. The summed E-state index contributed by atoms with van der Waals surface area (Å²) in [5.74, 6) is 3.36. The van der Waals surface area contributed by atoms with Gasteiger partial charge >= 0.3 is 0 Å². The van der Waals surface area contributed by atoms with Crippen molar-refractivity contribution >= 4 is 11.6 Å². The van der Waals surface area contributed by atoms with Gasteiger partial charge in [0, 0.05) is 36.9 Å². The van der Waals surface area contributed by atoms with Crippen molar-refractivity contribution in [3.8, 4) is 18.0 Å². The Morgan fingerprint density at radius 3 is 2.67 bits per heavy atom. The first-order chi connectivity index (χ1) is 14.7. The Morgan fingerprint density at radius 2 is 1.83 bits per heavy atom. The Labute approximate surface area is 176 Å². The summed E-state index contributed by atoms with van der Waals surface area (Å²) < 4.78 is 0. The van der Waals surface area contributed by atoms with Crippen molar-refractivity contribution < 1.29 is 4.79 Å². The van der Waals surface area contributed by atoms with Crippen LogP contribution in [0.4, 0.5) is 5.69 Å². The highest BCUT2D eigenvalue weighted by atomic mass is 16.2. The van der Waals surface area contributed by atoms with E-state index in [4.69, 9.17) is 6.42 Å². The first-order valence-corrected chi connectivity index (χ1v) is 10.3. The van der Waals surface area contributed by atoms with Gasteiger partial charge in [-0.3, -0.25) is 4.79 Å². The molecule has 5 rings (SSSR count). The van der Waals surface area contributed by atoms with Crippen LogP contribution in [-0.2, 0) is 0 Å². The molecule has 30 heavy (non-hydrogen) atoms. The zero-order valence-corrected chi connectivity index (χ0v) is 16.7. The second-order valence-electron chi connectivity index (χ2n) is 7.88. The highest BCUT2D eigenvalue weighted by Gasteiger charge is 2.40. The van der Waals surface area contributed by atoms with E-state index in [-0.39, 0.29) is 5.91 Å². The van der Waals surface area contributed by atoms with Crippen molar-refractivity contribution in [2.75, 3.05) is 24.5 Å². The number of hydrogen-bond donors (Lipinski definition) is 0. The van der Waals surface area contributed by atoms with Gasteiger partial charge in [0.05, 0.1) is 23.6 Å². The molecule has 1 aromatic heterocycles. The third-order valence-corrected chi connectivity index (χ3v) is 6.26. The van der Waals surface area contributed by atoms with E-state index >= 15 is 0 Å². The monoisotopic (exact) mass is 397 g/mol. The maximum absolute atomic E-state index is 13.5. The third-order valence-electron chi connectivity index (χ3n) is 6.26. The van der Waals surface area contributed by atoms with Crippen LogP contribution in [0.15, 0.2) is 60.9 Å². The lowest BCUT2D eigenvalue weighted by Crippen LogP contribution is -2.50. The van der Waals surface area contributed by atoms with Crippen LogP contribution in [0.3, 0.4) is 0 Å². The van der Waals surface area contributed by atoms with E-state index in [0.717, 1.165) is 37.2 Å². The molecule has 0 radical (unpaired) electrons. The number of hydrogen-bond acceptors (Lipinski definition) is 4. The van der Waals surface area contributed by atoms with Gasteiger partial charge in [0.2, 0.25) is 0 Å². The number of fused-ring (bicyclic) bond motifs is 1. The zero-order valence-electron chi connectivity index (χ0n) is 16.7. The van der Waals surface area contributed by atoms with E-state index in [9.17, 15) is 4.79 Å². The molecule has 150 valence electrons. The van der Waals surface area contributed by atoms with E-state index in [2.05, 4.69) is 33.2 Å². The maximum atomic E-state index is 13.5. The molecule has 1 amide bonds. The van der Waals surface area contributed by atoms with E-state index < -0.39 is 0 Å². The van der Waals surface area contributed by atoms with Gasteiger partial charge in [-0.25, -0.2) is 0 Å². The molecule has 2 aliphatic heterocycles. The molecular formula is C24H23N5O. The van der Waals surface area contributed by atoms with Crippen LogP contribution in [0.5, 0.6) is 0 Å². The zero-order chi connectivity index (χ0) is 20.5. The number of nitrogens with zero attached hydrogens (tertiary/aromatic N) is 5. The topological polar surface area (TPSA) is 54.3 Å². The number of para-hydroxylation sites is 1. The number of anilines is 1. The Balaban J connectivity index is 1.40. The fourth-order valence-electron chi connectivity index (χ4n) is 4.76. The van der Waals surface area contributed by atoms with Gasteiger partial charge in [0.25, 0.3) is 5.91 Å². The van der Waals surface area contributed by atoms with Crippen molar-refractivity contribution in [1.29, 1.82) is 0 Å². The Hall–Kier alpha value is -3.59. The maximum Gasteiger partial charge on any atom is 0.256 e. The minimum atomic E-state index is 0.0329. The molecule has 6 heteroatoms. The molecule has 2 saturated heterocycles. The molecule has 0 spiro atoms. The van der Waals surface area contributed by atoms with Crippen LogP contribution in [0.2, 0.25) is 0 Å². The molecule has 0 unspecified atom stereocenters. The third kappa shape index (κ3) is 3.22. The lowest BCUT2D eigenvalue weighted by Gasteiger charge is -2.39. The van der Waals surface area contributed by atoms with Crippen molar-refractivity contribution in [3.63, 3.8) is 0 Å². The number of amides is 1. The minimum Gasteiger partial charge on any atom is -0.366 e. The molecule has 0 N–H and O–H groups in total. The fraction of sp³-hybridized carbons (Fsp3) is 0.292. The quantitative estimate of drug-likeness (QED) is 0.638. The summed E-state index contributed by atoms with van der Waals surface area (Å²) in [6.45, 7) is 2.49. The summed E-state index contributed by atoms with van der Waals surface area (Å²) in [5, 5.41) is 8.41. The lowest BCUT2D eigenvalue weighted by molar-refractivity contribution is 0.0678. The van der Waals surface area contributed by atoms with Crippen LogP contribution in [-0.4, -0.2) is 51.5 Å². The van der Waals surface area contributed by atoms with Gasteiger partial charge in [0.15, 0.2) is 0 Å². The molecule has 2 aromatic carbocycles. The van der Waals surface area contributed by atoms with Crippen molar-refractivity contribution in [3.05, 3.63) is 72.1 Å². The van der Waals surface area contributed by atoms with E-state index in [1.54, 1.807) is 12.4 Å². The smallest absolute Gasteiger partial charge is 0.256 e. The first-order valence-electron chi connectivity index (χ1n) is 10.3. The summed E-state index contributed by atoms with van der Waals surface area (Å²) in [4.78, 5) is 19.4. The summed E-state index contributed by atoms with van der Waals surface area (Å²) in [6, 6.07) is 16.0. The summed E-state index contributed by atoms with van der Waals surface area (Å²) >= 11 is 0. The number of carbonyl (C=O) groups excluding carboxylic acids is 1. The Kier molecular flexibility index (Phi) is 4.72. The number of piperidine rings is 1. The Morgan fingerprint density at radius 1 is 1.03 bits per heavy atom. The number of terminal acetylenes is 1. The second kappa shape index (κ2) is 7.68. The predicted octanol–water partition coefficient (Wildman–Crippen LogP) is 2.99. The number of rotatable bonds is 3. The normalized spacial score (nSPS) is 20.6. The van der Waals surface area contributed by atoms with Gasteiger partial charge in [0.1, 0.15) is 0 Å². The molecule has 0 saturated carbocycles. The molecule has 6 nitrogen and oxygen atoms in total. The lowest BCUT2D eigenvalue weighted by atomic mass is 9.91. The minimum absolute atomic E-state index is 0.0329. The molecule has 2 atom stereocenters. The SMILES string of the molecule is C#Cc1cccc(N2CC[C@@H]3CCN(C(=O)c4ccccc4-n4nccn4)C[C@@H]32)c1. The number of aromatic nitrogens is 3. The van der Waals surface area contributed by atoms with Crippen molar-refractivity contribution in [2.24, 2.45) is 5.92 Å². The van der Waals surface area contributed by atoms with Crippen LogP contribution < -0.4 is 4.90 Å². The van der Waals surface area contributed by atoms with E-state index in [0.29, 0.717) is 29.8 Å². The van der Waals surface area contributed by atoms with Gasteiger partial charge < -0.3 is 9.80 Å². The average molecular weight is 397 g/mol. The molecule has 3 aromatic rings. The summed E-state index contributed by atoms with van der Waals surface area (Å²) in [7, 11) is 0. The predicted molar refractivity (Wildman–Crippen MR) is 115 cm³/mol. The van der Waals surface area contributed by atoms with Gasteiger partial charge in [-0.05, 0) is 49.1 Å². The average Bonchev–Trinajstić information content (AvgIpc) is 3.48. The van der Waals surface area contributed by atoms with Crippen molar-refractivity contribution in [2.45, 2.75) is 18.9 Å². The summed E-state index contributed by atoms with van der Waals surface area (Å²) in [5.41, 5.74) is 3.37. The standard InChI is InChI=1S/C24H23N5O/c1-2-18-6-5-7-20(16-18)28-15-11-19-10-14-27(17-23(19)28)24(30)21-8-3-4-9-22(21)29-25-12-13-26-29/h1,3-9,12-13,16,19,23H,10-11,14-15,17H2/t19-,23-/m0/s1. The molecule has 2 aliphatic rings. The molecule has 2 fully saturated rings. The molecule has 0 bridgehead atoms. The van der Waals surface area contributed by atoms with Crippen LogP contribution in [0.1, 0.15) is 28.8 Å². The number of likely N-dealkylation sites (tertiary alicyclic amines) is 1. The molecular weight excluding hydrogens is 374 g/mol. The molecule has 3 heterocycles. The van der Waals surface area contributed by atoms with Crippen molar-refractivity contribution in [1.82, 2.24) is 19.9 Å². The number of benzene rings is 2. The highest BCUT2D eigenvalue weighted by Crippen LogP contribution is 2.36. The fourth-order valence-corrected chi connectivity index (χ4v) is 4.76. The van der Waals surface area contributed by atoms with Crippen LogP contribution in [0.25, 0.3) is 5.69 Å². The van der Waals surface area contributed by atoms with E-state index in [1.165, 1.54) is 4.80 Å². The number of carbonyl (C=O) groups is 1. The summed E-state index contributed by atoms with van der Waals surface area (Å²) in [6.07, 6.45) is 11.0. The first kappa shape index (κ1) is 18.4. The van der Waals surface area contributed by atoms with Gasteiger partial charge in [-0.1, -0.05) is 24.1 Å². The van der Waals surface area contributed by atoms with Crippen LogP contribution in [0, 0.1) is 18.3 Å². The van der Waals surface area contributed by atoms with Crippen LogP contribution >= 0.6 is 0 Å². The van der Waals surface area contributed by atoms with Gasteiger partial charge in [-0.2, -0.15) is 15.0 Å². The second-order valence-corrected chi connectivity index (χ2v) is 7.88.